The zero-order valence-electron chi connectivity index (χ0n) is 15.6. The first kappa shape index (κ1) is 19.3. The van der Waals surface area contributed by atoms with Gasteiger partial charge in [-0.05, 0) is 40.6 Å². The van der Waals surface area contributed by atoms with Crippen molar-refractivity contribution in [2.24, 2.45) is 0 Å². The van der Waals surface area contributed by atoms with E-state index in [1.807, 2.05) is 42.5 Å². The fraction of sp³-hybridized carbons (Fsp3) is 0.174. The van der Waals surface area contributed by atoms with Crippen LogP contribution in [0.4, 0.5) is 5.69 Å². The summed E-state index contributed by atoms with van der Waals surface area (Å²) in [5, 5.41) is 4.87. The van der Waals surface area contributed by atoms with E-state index in [-0.39, 0.29) is 24.7 Å². The van der Waals surface area contributed by atoms with E-state index in [0.717, 1.165) is 16.3 Å². The quantitative estimate of drug-likeness (QED) is 0.497. The first-order chi connectivity index (χ1) is 13.5. The lowest BCUT2D eigenvalue weighted by Crippen LogP contribution is -2.16. The number of benzene rings is 3. The fourth-order valence-corrected chi connectivity index (χ4v) is 2.78. The molecule has 0 fully saturated rings. The third-order valence-electron chi connectivity index (χ3n) is 4.34. The van der Waals surface area contributed by atoms with Gasteiger partial charge in [-0.2, -0.15) is 0 Å². The zero-order chi connectivity index (χ0) is 19.9. The molecule has 0 aliphatic heterocycles. The smallest absolute Gasteiger partial charge is 0.310 e. The number of ketones is 1. The highest BCUT2D eigenvalue weighted by atomic mass is 16.5. The summed E-state index contributed by atoms with van der Waals surface area (Å²) in [5.74, 6) is -0.836. The van der Waals surface area contributed by atoms with E-state index < -0.39 is 5.97 Å². The van der Waals surface area contributed by atoms with Gasteiger partial charge in [0.15, 0.2) is 12.4 Å². The highest BCUT2D eigenvalue weighted by molar-refractivity contribution is 5.99. The second-order valence-electron chi connectivity index (χ2n) is 6.42. The van der Waals surface area contributed by atoms with E-state index in [1.165, 1.54) is 0 Å². The molecule has 3 rings (SSSR count). The van der Waals surface area contributed by atoms with Crippen LogP contribution in [0.25, 0.3) is 10.8 Å². The van der Waals surface area contributed by atoms with Crippen LogP contribution in [-0.4, -0.2) is 24.3 Å². The normalized spacial score (nSPS) is 10.5. The molecule has 5 heteroatoms. The number of anilines is 1. The molecule has 0 saturated heterocycles. The van der Waals surface area contributed by atoms with Gasteiger partial charge < -0.3 is 10.1 Å². The number of hydrogen-bond donors (Lipinski definition) is 1. The van der Waals surface area contributed by atoms with Gasteiger partial charge in [0.05, 0.1) is 6.42 Å². The maximum Gasteiger partial charge on any atom is 0.310 e. The molecule has 5 nitrogen and oxygen atoms in total. The lowest BCUT2D eigenvalue weighted by atomic mass is 10.1. The first-order valence-electron chi connectivity index (χ1n) is 9.11. The monoisotopic (exact) mass is 375 g/mol. The molecule has 0 spiro atoms. The number of carbonyl (C=O) groups excluding carboxylic acids is 3. The van der Waals surface area contributed by atoms with Crippen molar-refractivity contribution in [2.45, 2.75) is 19.8 Å². The second kappa shape index (κ2) is 8.95. The molecule has 0 saturated carbocycles. The number of carbonyl (C=O) groups is 3. The number of fused-ring (bicyclic) bond motifs is 1. The maximum absolute atomic E-state index is 12.2. The van der Waals surface area contributed by atoms with Crippen LogP contribution in [0.15, 0.2) is 66.7 Å². The molecule has 3 aromatic carbocycles. The van der Waals surface area contributed by atoms with Gasteiger partial charge in [0.25, 0.3) is 0 Å². The third kappa shape index (κ3) is 5.04. The topological polar surface area (TPSA) is 72.5 Å². The summed E-state index contributed by atoms with van der Waals surface area (Å²) in [4.78, 5) is 35.6. The Morgan fingerprint density at radius 2 is 1.61 bits per heavy atom. The summed E-state index contributed by atoms with van der Waals surface area (Å²) >= 11 is 0. The molecule has 0 radical (unpaired) electrons. The van der Waals surface area contributed by atoms with Crippen LogP contribution in [0.3, 0.4) is 0 Å². The summed E-state index contributed by atoms with van der Waals surface area (Å²) in [7, 11) is 0. The van der Waals surface area contributed by atoms with Crippen molar-refractivity contribution in [1.82, 2.24) is 0 Å². The van der Waals surface area contributed by atoms with Crippen LogP contribution >= 0.6 is 0 Å². The number of Topliss-reactive ketones (excluding diaryl/α,β-unsaturated/α-hetero) is 1. The summed E-state index contributed by atoms with van der Waals surface area (Å²) in [5.41, 5.74) is 1.89. The predicted octanol–water partition coefficient (Wildman–Crippen LogP) is 4.16. The number of amides is 1. The number of esters is 1. The Bertz CT molecular complexity index is 1010. The number of nitrogens with one attached hydrogen (secondary N) is 1. The van der Waals surface area contributed by atoms with E-state index in [9.17, 15) is 14.4 Å². The molecule has 0 bridgehead atoms. The van der Waals surface area contributed by atoms with Gasteiger partial charge in [0.2, 0.25) is 5.91 Å². The highest BCUT2D eigenvalue weighted by Gasteiger charge is 2.11. The first-order valence-corrected chi connectivity index (χ1v) is 9.11. The number of rotatable bonds is 7. The van der Waals surface area contributed by atoms with Gasteiger partial charge in [-0.25, -0.2) is 0 Å². The average molecular weight is 375 g/mol. The Labute approximate surface area is 163 Å². The summed E-state index contributed by atoms with van der Waals surface area (Å²) in [6, 6.07) is 20.2. The maximum atomic E-state index is 12.2. The van der Waals surface area contributed by atoms with E-state index in [1.54, 1.807) is 31.2 Å². The number of hydrogen-bond acceptors (Lipinski definition) is 4. The van der Waals surface area contributed by atoms with E-state index >= 15 is 0 Å². The Hall–Kier alpha value is -3.47. The Balaban J connectivity index is 1.53. The zero-order valence-corrected chi connectivity index (χ0v) is 15.6. The summed E-state index contributed by atoms with van der Waals surface area (Å²) < 4.78 is 5.13. The van der Waals surface area contributed by atoms with Gasteiger partial charge in [0.1, 0.15) is 0 Å². The van der Waals surface area contributed by atoms with Gasteiger partial charge >= 0.3 is 5.97 Å². The molecule has 28 heavy (non-hydrogen) atoms. The molecule has 0 aliphatic carbocycles. The number of ether oxygens (including phenoxy) is 1. The highest BCUT2D eigenvalue weighted by Crippen LogP contribution is 2.16. The molecule has 0 aromatic heterocycles. The molecule has 0 aliphatic rings. The molecule has 1 N–H and O–H groups in total. The van der Waals surface area contributed by atoms with Crippen molar-refractivity contribution in [1.29, 1.82) is 0 Å². The van der Waals surface area contributed by atoms with Crippen LogP contribution in [0.5, 0.6) is 0 Å². The molecule has 0 atom stereocenters. The second-order valence-corrected chi connectivity index (χ2v) is 6.42. The molecule has 3 aromatic rings. The van der Waals surface area contributed by atoms with Crippen LogP contribution < -0.4 is 5.32 Å². The molecule has 1 amide bonds. The third-order valence-corrected chi connectivity index (χ3v) is 4.34. The minimum Gasteiger partial charge on any atom is -0.457 e. The largest absolute Gasteiger partial charge is 0.457 e. The van der Waals surface area contributed by atoms with E-state index in [4.69, 9.17) is 4.74 Å². The molecular weight excluding hydrogens is 354 g/mol. The molecule has 0 heterocycles. The molecule has 142 valence electrons. The summed E-state index contributed by atoms with van der Waals surface area (Å²) in [6.45, 7) is 1.45. The standard InChI is InChI=1S/C23H21NO4/c1-2-22(26)24-20-11-9-18(10-12-20)21(25)15-28-23(27)14-16-7-8-17-5-3-4-6-19(17)13-16/h3-13H,2,14-15H2,1H3,(H,24,26). The average Bonchev–Trinajstić information content (AvgIpc) is 2.72. The lowest BCUT2D eigenvalue weighted by Gasteiger charge is -2.07. The van der Waals surface area contributed by atoms with Gasteiger partial charge in [-0.1, -0.05) is 49.4 Å². The van der Waals surface area contributed by atoms with Crippen LogP contribution in [-0.2, 0) is 20.7 Å². The van der Waals surface area contributed by atoms with E-state index in [0.29, 0.717) is 17.7 Å². The van der Waals surface area contributed by atoms with Crippen molar-refractivity contribution in [3.63, 3.8) is 0 Å². The Morgan fingerprint density at radius 3 is 2.32 bits per heavy atom. The van der Waals surface area contributed by atoms with Crippen LogP contribution in [0, 0.1) is 0 Å². The van der Waals surface area contributed by atoms with Crippen molar-refractivity contribution >= 4 is 34.1 Å². The van der Waals surface area contributed by atoms with Crippen LogP contribution in [0.2, 0.25) is 0 Å². The molecular formula is C23H21NO4. The van der Waals surface area contributed by atoms with Crippen molar-refractivity contribution in [2.75, 3.05) is 11.9 Å². The van der Waals surface area contributed by atoms with Gasteiger partial charge in [-0.15, -0.1) is 0 Å². The van der Waals surface area contributed by atoms with Crippen molar-refractivity contribution in [3.05, 3.63) is 77.9 Å². The van der Waals surface area contributed by atoms with Crippen molar-refractivity contribution in [3.8, 4) is 0 Å². The minimum atomic E-state index is -0.449. The Morgan fingerprint density at radius 1 is 0.893 bits per heavy atom. The van der Waals surface area contributed by atoms with Crippen molar-refractivity contribution < 1.29 is 19.1 Å². The van der Waals surface area contributed by atoms with E-state index in [2.05, 4.69) is 5.32 Å². The predicted molar refractivity (Wildman–Crippen MR) is 108 cm³/mol. The summed E-state index contributed by atoms with van der Waals surface area (Å²) in [6.07, 6.45) is 0.494. The Kier molecular flexibility index (Phi) is 6.17. The minimum absolute atomic E-state index is 0.0957. The van der Waals surface area contributed by atoms with Gasteiger partial charge in [0, 0.05) is 17.7 Å². The lowest BCUT2D eigenvalue weighted by molar-refractivity contribution is -0.141. The van der Waals surface area contributed by atoms with Crippen LogP contribution in [0.1, 0.15) is 29.3 Å². The molecule has 0 unspecified atom stereocenters. The fourth-order valence-electron chi connectivity index (χ4n) is 2.78. The SMILES string of the molecule is CCC(=O)Nc1ccc(C(=O)COC(=O)Cc2ccc3ccccc3c2)cc1. The van der Waals surface area contributed by atoms with Gasteiger partial charge in [-0.3, -0.25) is 14.4 Å².